The largest absolute Gasteiger partial charge is 0.432 e. The first kappa shape index (κ1) is 57.1. The first-order valence-electron chi connectivity index (χ1n) is 27.1. The van der Waals surface area contributed by atoms with Gasteiger partial charge in [-0.05, 0) is 116 Å². The van der Waals surface area contributed by atoms with Crippen molar-refractivity contribution in [3.63, 3.8) is 0 Å². The molecule has 0 unspecified atom stereocenters. The third kappa shape index (κ3) is 9.17. The monoisotopic (exact) mass is 1060 g/mol. The fraction of sp³-hybridized carbons (Fsp3) is 0.943. The molecule has 4 aliphatic heterocycles. The molecule has 12 N–H and O–H groups in total. The number of aliphatic hydroxyl groups excluding tert-OH is 12. The topological polar surface area (TPSA) is 334 Å². The summed E-state index contributed by atoms with van der Waals surface area (Å²) in [6.07, 6.45) is -19.6. The Kier molecular flexibility index (Phi) is 15.8. The highest BCUT2D eigenvalue weighted by Gasteiger charge is 2.70. The Labute approximate surface area is 433 Å². The van der Waals surface area contributed by atoms with Gasteiger partial charge in [0.2, 0.25) is 6.29 Å². The maximum Gasteiger partial charge on any atom is 0.315 e. The van der Waals surface area contributed by atoms with Gasteiger partial charge in [-0.15, -0.1) is 0 Å². The molecule has 0 aromatic rings. The van der Waals surface area contributed by atoms with Gasteiger partial charge in [0.25, 0.3) is 0 Å². The molecule has 4 saturated heterocycles. The van der Waals surface area contributed by atoms with E-state index in [4.69, 9.17) is 37.9 Å². The maximum atomic E-state index is 14.8. The van der Waals surface area contributed by atoms with Crippen LogP contribution in [0.2, 0.25) is 0 Å². The Balaban J connectivity index is 0.953. The van der Waals surface area contributed by atoms with Crippen molar-refractivity contribution in [2.45, 2.75) is 242 Å². The van der Waals surface area contributed by atoms with E-state index in [2.05, 4.69) is 54.5 Å². The second-order valence-electron chi connectivity index (χ2n) is 25.8. The Morgan fingerprint density at radius 2 is 1.19 bits per heavy atom. The number of carbonyl (C=O) groups excluding carboxylic acids is 1. The summed E-state index contributed by atoms with van der Waals surface area (Å²) >= 11 is 0. The molecule has 27 atom stereocenters. The summed E-state index contributed by atoms with van der Waals surface area (Å²) < 4.78 is 48.6. The molecule has 0 aromatic carbocycles. The van der Waals surface area contributed by atoms with Crippen LogP contribution in [0.1, 0.15) is 120 Å². The fourth-order valence-corrected chi connectivity index (χ4v) is 16.1. The molecule has 0 spiro atoms. The van der Waals surface area contributed by atoms with Crippen LogP contribution in [0.25, 0.3) is 0 Å². The summed E-state index contributed by atoms with van der Waals surface area (Å²) in [6, 6.07) is 0. The Morgan fingerprint density at radius 3 is 1.82 bits per heavy atom. The van der Waals surface area contributed by atoms with E-state index in [0.29, 0.717) is 19.3 Å². The Bertz CT molecular complexity index is 2040. The second kappa shape index (κ2) is 20.5. The van der Waals surface area contributed by atoms with Crippen molar-refractivity contribution in [1.82, 2.24) is 0 Å². The first-order valence-corrected chi connectivity index (χ1v) is 27.1. The first-order chi connectivity index (χ1) is 34.6. The van der Waals surface area contributed by atoms with Crippen molar-refractivity contribution in [3.05, 3.63) is 11.6 Å². The maximum absolute atomic E-state index is 14.8. The van der Waals surface area contributed by atoms with Gasteiger partial charge in [-0.1, -0.05) is 60.1 Å². The molecule has 9 rings (SSSR count). The zero-order valence-electron chi connectivity index (χ0n) is 44.1. The van der Waals surface area contributed by atoms with Gasteiger partial charge in [0.15, 0.2) is 18.9 Å². The SMILES string of the molecule is C[C@@H]1O[C@@H](O[C@@H]2[C@@H](O[C@H]3CC[C@]4(C)[C@H]5CC=C6[C@@H]7CC(C)(C)CC[C@]7(C(=O)O[C@@H]7O[C@H](CO)[C@@H](O)[C@H](O)[C@H]7O)CC[C@@]6(C)[C@]5(C)CC[C@H]4C3(C)C)OC[C@@H](O[C@@H]3O[C@H](CO)[C@@H](O)[C@H](O)[C@H]3O)[C@@H]2O)[C@H](O)[C@H](O)[C@H]1O. The molecule has 0 radical (unpaired) electrons. The van der Waals surface area contributed by atoms with Crippen LogP contribution in [0.15, 0.2) is 11.6 Å². The quantitative estimate of drug-likeness (QED) is 0.0755. The normalized spacial score (nSPS) is 54.1. The van der Waals surface area contributed by atoms with Crippen LogP contribution in [0.4, 0.5) is 0 Å². The third-order valence-corrected chi connectivity index (χ3v) is 21.0. The van der Waals surface area contributed by atoms with Gasteiger partial charge in [0, 0.05) is 0 Å². The number of ether oxygens (including phenoxy) is 8. The van der Waals surface area contributed by atoms with Crippen LogP contribution >= 0.6 is 0 Å². The predicted octanol–water partition coefficient (Wildman–Crippen LogP) is -0.369. The molecule has 21 heteroatoms. The minimum absolute atomic E-state index is 0.0771. The summed E-state index contributed by atoms with van der Waals surface area (Å²) in [6.45, 7) is 15.9. The van der Waals surface area contributed by atoms with Crippen molar-refractivity contribution in [3.8, 4) is 0 Å². The number of carbonyl (C=O) groups is 1. The highest BCUT2D eigenvalue weighted by atomic mass is 16.8. The molecule has 5 aliphatic carbocycles. The molecule has 0 bridgehead atoms. The van der Waals surface area contributed by atoms with Gasteiger partial charge in [-0.2, -0.15) is 0 Å². The summed E-state index contributed by atoms with van der Waals surface area (Å²) in [5.74, 6) is -0.274. The van der Waals surface area contributed by atoms with E-state index in [1.54, 1.807) is 0 Å². The molecular formula is C53H86O21. The second-order valence-corrected chi connectivity index (χ2v) is 25.8. The molecule has 0 amide bonds. The highest BCUT2D eigenvalue weighted by molar-refractivity contribution is 5.79. The summed E-state index contributed by atoms with van der Waals surface area (Å²) in [5.41, 5.74) is -0.843. The predicted molar refractivity (Wildman–Crippen MR) is 255 cm³/mol. The van der Waals surface area contributed by atoms with E-state index in [1.807, 2.05) is 0 Å². The minimum atomic E-state index is -1.78. The molecular weight excluding hydrogens is 973 g/mol. The molecule has 8 fully saturated rings. The smallest absolute Gasteiger partial charge is 0.315 e. The van der Waals surface area contributed by atoms with Crippen molar-refractivity contribution >= 4 is 5.97 Å². The fourth-order valence-electron chi connectivity index (χ4n) is 16.1. The van der Waals surface area contributed by atoms with Crippen molar-refractivity contribution in [2.24, 2.45) is 50.2 Å². The van der Waals surface area contributed by atoms with Crippen LogP contribution in [0.5, 0.6) is 0 Å². The minimum Gasteiger partial charge on any atom is -0.432 e. The van der Waals surface area contributed by atoms with E-state index in [-0.39, 0.29) is 46.0 Å². The van der Waals surface area contributed by atoms with E-state index < -0.39 is 153 Å². The van der Waals surface area contributed by atoms with Crippen LogP contribution < -0.4 is 0 Å². The summed E-state index contributed by atoms with van der Waals surface area (Å²) in [7, 11) is 0. The van der Waals surface area contributed by atoms with Crippen molar-refractivity contribution < 1.29 is 104 Å². The zero-order valence-corrected chi connectivity index (χ0v) is 44.1. The number of esters is 1. The molecule has 424 valence electrons. The van der Waals surface area contributed by atoms with E-state index in [9.17, 15) is 66.1 Å². The standard InChI is InChI=1S/C53H86O21/c1-23-32(56)36(60)39(63)43(68-23)73-42-35(59)28(71-44-40(64)37(61)33(57)26(20-54)69-44)22-67-46(42)72-31-12-13-50(6)29(49(31,4)5)11-14-52(8)30(50)10-9-24-25-19-48(2,3)15-17-53(25,18-16-51(24,52)7)47(66)74-45-41(65)38(62)34(58)27(21-55)70-45/h9,23,25-46,54-65H,10-22H2,1-8H3/t23-,25-,26+,27+,28+,29-,30+,31-,32-,33+,34+,35-,36+,37-,38-,39+,40+,41+,42-,43-,44-,45-,46+,50-,51+,52+,53-/m0/s1. The lowest BCUT2D eigenvalue weighted by Gasteiger charge is -2.71. The zero-order chi connectivity index (χ0) is 54.0. The number of allylic oxidation sites excluding steroid dienone is 2. The summed E-state index contributed by atoms with van der Waals surface area (Å²) in [5, 5.41) is 127. The number of hydrogen-bond donors (Lipinski definition) is 12. The van der Waals surface area contributed by atoms with Crippen molar-refractivity contribution in [1.29, 1.82) is 0 Å². The van der Waals surface area contributed by atoms with Crippen LogP contribution in [0.3, 0.4) is 0 Å². The molecule has 4 heterocycles. The van der Waals surface area contributed by atoms with Crippen LogP contribution in [-0.4, -0.2) is 210 Å². The van der Waals surface area contributed by atoms with Gasteiger partial charge in [0.1, 0.15) is 85.5 Å². The van der Waals surface area contributed by atoms with E-state index in [1.165, 1.54) is 12.5 Å². The Morgan fingerprint density at radius 1 is 0.608 bits per heavy atom. The molecule has 0 aromatic heterocycles. The average Bonchev–Trinajstić information content (AvgIpc) is 3.35. The number of hydrogen-bond acceptors (Lipinski definition) is 21. The molecule has 74 heavy (non-hydrogen) atoms. The van der Waals surface area contributed by atoms with Gasteiger partial charge in [0.05, 0.1) is 37.4 Å². The van der Waals surface area contributed by atoms with E-state index in [0.717, 1.165) is 44.9 Å². The summed E-state index contributed by atoms with van der Waals surface area (Å²) in [4.78, 5) is 14.8. The highest BCUT2D eigenvalue weighted by Crippen LogP contribution is 2.76. The van der Waals surface area contributed by atoms with E-state index >= 15 is 0 Å². The van der Waals surface area contributed by atoms with Gasteiger partial charge < -0.3 is 99.2 Å². The van der Waals surface area contributed by atoms with Gasteiger partial charge >= 0.3 is 5.97 Å². The average molecular weight is 1060 g/mol. The third-order valence-electron chi connectivity index (χ3n) is 21.0. The lowest BCUT2D eigenvalue weighted by atomic mass is 9.33. The lowest BCUT2D eigenvalue weighted by molar-refractivity contribution is -0.380. The Hall–Kier alpha value is -1.55. The molecule has 9 aliphatic rings. The number of fused-ring (bicyclic) bond motifs is 7. The lowest BCUT2D eigenvalue weighted by Crippen LogP contribution is -2.66. The van der Waals surface area contributed by atoms with Crippen LogP contribution in [-0.2, 0) is 42.7 Å². The van der Waals surface area contributed by atoms with Gasteiger partial charge in [-0.3, -0.25) is 4.79 Å². The molecule has 4 saturated carbocycles. The van der Waals surface area contributed by atoms with Gasteiger partial charge in [-0.25, -0.2) is 0 Å². The molecule has 21 nitrogen and oxygen atoms in total. The number of aliphatic hydroxyl groups is 12. The van der Waals surface area contributed by atoms with Crippen LogP contribution in [0, 0.1) is 50.2 Å². The van der Waals surface area contributed by atoms with Crippen molar-refractivity contribution in [2.75, 3.05) is 19.8 Å². The number of rotatable bonds is 10.